The number of sulfonamides is 1. The van der Waals surface area contributed by atoms with Gasteiger partial charge in [-0.3, -0.25) is 9.59 Å². The summed E-state index contributed by atoms with van der Waals surface area (Å²) in [5.41, 5.74) is 1.04. The molecular weight excluding hydrogens is 436 g/mol. The van der Waals surface area contributed by atoms with Crippen LogP contribution in [0.25, 0.3) is 0 Å². The largest absolute Gasteiger partial charge is 0.481 e. The number of halogens is 1. The molecule has 1 amide bonds. The van der Waals surface area contributed by atoms with Crippen molar-refractivity contribution < 1.29 is 23.1 Å². The molecule has 0 saturated heterocycles. The van der Waals surface area contributed by atoms with E-state index >= 15 is 0 Å². The number of aliphatic carboxylic acids is 1. The van der Waals surface area contributed by atoms with Crippen LogP contribution < -0.4 is 10.0 Å². The minimum absolute atomic E-state index is 0.0156. The molecule has 1 atom stereocenters. The summed E-state index contributed by atoms with van der Waals surface area (Å²) in [4.78, 5) is 23.4. The van der Waals surface area contributed by atoms with Gasteiger partial charge in [-0.25, -0.2) is 8.42 Å². The van der Waals surface area contributed by atoms with Gasteiger partial charge in [0.2, 0.25) is 15.9 Å². The monoisotopic (exact) mass is 456 g/mol. The van der Waals surface area contributed by atoms with Crippen molar-refractivity contribution in [1.29, 1.82) is 0 Å². The van der Waals surface area contributed by atoms with Gasteiger partial charge in [-0.05, 0) is 60.4 Å². The number of rotatable bonds is 10. The summed E-state index contributed by atoms with van der Waals surface area (Å²) >= 11 is 7.30. The smallest absolute Gasteiger partial charge is 0.307 e. The molecule has 3 N–H and O–H groups in total. The van der Waals surface area contributed by atoms with Gasteiger partial charge in [0.1, 0.15) is 6.04 Å². The van der Waals surface area contributed by atoms with E-state index in [4.69, 9.17) is 16.7 Å². The predicted molar refractivity (Wildman–Crippen MR) is 115 cm³/mol. The molecule has 0 aliphatic carbocycles. The molecule has 2 rings (SSSR count). The Bertz CT molecular complexity index is 948. The lowest BCUT2D eigenvalue weighted by Crippen LogP contribution is -2.44. The maximum atomic E-state index is 12.7. The van der Waals surface area contributed by atoms with Gasteiger partial charge in [-0.15, -0.1) is 0 Å². The molecule has 29 heavy (non-hydrogen) atoms. The van der Waals surface area contributed by atoms with Gasteiger partial charge in [0.05, 0.1) is 11.3 Å². The van der Waals surface area contributed by atoms with Crippen LogP contribution in [0.4, 0.5) is 5.69 Å². The number of carbonyl (C=O) groups excluding carboxylic acids is 1. The van der Waals surface area contributed by atoms with Gasteiger partial charge in [0.15, 0.2) is 0 Å². The molecule has 0 aromatic heterocycles. The molecule has 2 aromatic rings. The van der Waals surface area contributed by atoms with Crippen molar-refractivity contribution in [2.24, 2.45) is 0 Å². The molecule has 1 unspecified atom stereocenters. The first-order valence-corrected chi connectivity index (χ1v) is 11.8. The van der Waals surface area contributed by atoms with Gasteiger partial charge in [-0.1, -0.05) is 23.7 Å². The Balaban J connectivity index is 2.12. The number of hydrogen-bond acceptors (Lipinski definition) is 5. The molecule has 0 aliphatic heterocycles. The number of carboxylic acids is 1. The quantitative estimate of drug-likeness (QED) is 0.506. The van der Waals surface area contributed by atoms with Gasteiger partial charge in [0, 0.05) is 10.7 Å². The van der Waals surface area contributed by atoms with Crippen molar-refractivity contribution in [3.8, 4) is 0 Å². The van der Waals surface area contributed by atoms with E-state index in [1.54, 1.807) is 24.3 Å². The molecule has 0 aliphatic rings. The van der Waals surface area contributed by atoms with Crippen LogP contribution in [0.2, 0.25) is 5.02 Å². The van der Waals surface area contributed by atoms with E-state index in [0.717, 1.165) is 0 Å². The highest BCUT2D eigenvalue weighted by Gasteiger charge is 2.25. The lowest BCUT2D eigenvalue weighted by molar-refractivity contribution is -0.136. The molecule has 7 nitrogen and oxygen atoms in total. The molecule has 0 radical (unpaired) electrons. The summed E-state index contributed by atoms with van der Waals surface area (Å²) in [7, 11) is -3.91. The summed E-state index contributed by atoms with van der Waals surface area (Å²) in [5.74, 6) is -0.864. The van der Waals surface area contributed by atoms with Crippen molar-refractivity contribution in [2.45, 2.75) is 23.8 Å². The average Bonchev–Trinajstić information content (AvgIpc) is 2.66. The fraction of sp³-hybridized carbons (Fsp3) is 0.263. The molecule has 2 aromatic carbocycles. The first-order chi connectivity index (χ1) is 13.7. The summed E-state index contributed by atoms with van der Waals surface area (Å²) in [6, 6.07) is 11.0. The molecule has 0 spiro atoms. The van der Waals surface area contributed by atoms with E-state index in [2.05, 4.69) is 10.0 Å². The van der Waals surface area contributed by atoms with Crippen LogP contribution in [-0.2, 0) is 26.0 Å². The van der Waals surface area contributed by atoms with Crippen molar-refractivity contribution in [2.75, 3.05) is 17.3 Å². The number of carboxylic acid groups (broad SMARTS) is 1. The minimum atomic E-state index is -3.91. The number of carbonyl (C=O) groups is 2. The Morgan fingerprint density at radius 2 is 1.72 bits per heavy atom. The number of hydrogen-bond donors (Lipinski definition) is 3. The normalized spacial score (nSPS) is 12.3. The zero-order valence-electron chi connectivity index (χ0n) is 15.6. The highest BCUT2D eigenvalue weighted by atomic mass is 35.5. The highest BCUT2D eigenvalue weighted by molar-refractivity contribution is 7.98. The number of nitrogens with one attached hydrogen (secondary N) is 2. The summed E-state index contributed by atoms with van der Waals surface area (Å²) in [6.45, 7) is 0. The Morgan fingerprint density at radius 3 is 2.28 bits per heavy atom. The molecule has 0 heterocycles. The molecule has 0 saturated carbocycles. The SMILES string of the molecule is CSCCC(NS(=O)(=O)c1ccc(Cl)cc1)C(=O)Nc1ccc(CC(=O)O)cc1. The summed E-state index contributed by atoms with van der Waals surface area (Å²) in [5, 5.41) is 11.9. The number of anilines is 1. The van der Waals surface area contributed by atoms with Crippen LogP contribution in [0.3, 0.4) is 0 Å². The Kier molecular flexibility index (Phi) is 8.51. The molecule has 0 bridgehead atoms. The second-order valence-corrected chi connectivity index (χ2v) is 9.30. The van der Waals surface area contributed by atoms with E-state index in [1.165, 1.54) is 36.0 Å². The molecule has 156 valence electrons. The van der Waals surface area contributed by atoms with Crippen molar-refractivity contribution >= 4 is 50.9 Å². The molecule has 10 heteroatoms. The van der Waals surface area contributed by atoms with Crippen LogP contribution in [-0.4, -0.2) is 43.5 Å². The van der Waals surface area contributed by atoms with Gasteiger partial charge in [-0.2, -0.15) is 16.5 Å². The zero-order valence-corrected chi connectivity index (χ0v) is 18.0. The number of amides is 1. The summed E-state index contributed by atoms with van der Waals surface area (Å²) in [6.07, 6.45) is 2.05. The predicted octanol–water partition coefficient (Wildman–Crippen LogP) is 3.01. The van der Waals surface area contributed by atoms with E-state index in [1.807, 2.05) is 6.26 Å². The fourth-order valence-electron chi connectivity index (χ4n) is 2.46. The van der Waals surface area contributed by atoms with Crippen LogP contribution in [0.1, 0.15) is 12.0 Å². The third-order valence-corrected chi connectivity index (χ3v) is 6.31. The second-order valence-electron chi connectivity index (χ2n) is 6.17. The Morgan fingerprint density at radius 1 is 1.10 bits per heavy atom. The van der Waals surface area contributed by atoms with E-state index in [-0.39, 0.29) is 11.3 Å². The molecule has 0 fully saturated rings. The first-order valence-electron chi connectivity index (χ1n) is 8.59. The van der Waals surface area contributed by atoms with Crippen molar-refractivity contribution in [3.05, 3.63) is 59.1 Å². The maximum absolute atomic E-state index is 12.7. The van der Waals surface area contributed by atoms with Gasteiger partial charge >= 0.3 is 5.97 Å². The Labute approximate surface area is 178 Å². The standard InChI is InChI=1S/C19H21ClN2O5S2/c1-28-11-10-17(22-29(26,27)16-8-4-14(20)5-9-16)19(25)21-15-6-2-13(3-7-15)12-18(23)24/h2-9,17,22H,10-12H2,1H3,(H,21,25)(H,23,24). The first kappa shape index (κ1) is 23.2. The summed E-state index contributed by atoms with van der Waals surface area (Å²) < 4.78 is 27.7. The number of thioether (sulfide) groups is 1. The van der Waals surface area contributed by atoms with Gasteiger partial charge < -0.3 is 10.4 Å². The highest BCUT2D eigenvalue weighted by Crippen LogP contribution is 2.16. The van der Waals surface area contributed by atoms with Crippen LogP contribution in [0.5, 0.6) is 0 Å². The van der Waals surface area contributed by atoms with E-state index < -0.39 is 27.9 Å². The Hall–Kier alpha value is -2.07. The maximum Gasteiger partial charge on any atom is 0.307 e. The van der Waals surface area contributed by atoms with Crippen LogP contribution >= 0.6 is 23.4 Å². The van der Waals surface area contributed by atoms with Crippen LogP contribution in [0.15, 0.2) is 53.4 Å². The third kappa shape index (κ3) is 7.36. The minimum Gasteiger partial charge on any atom is -0.481 e. The molecular formula is C19H21ClN2O5S2. The van der Waals surface area contributed by atoms with E-state index in [9.17, 15) is 18.0 Å². The lowest BCUT2D eigenvalue weighted by Gasteiger charge is -2.18. The van der Waals surface area contributed by atoms with Crippen LogP contribution in [0, 0.1) is 0 Å². The topological polar surface area (TPSA) is 113 Å². The fourth-order valence-corrected chi connectivity index (χ4v) is 4.29. The average molecular weight is 457 g/mol. The van der Waals surface area contributed by atoms with Crippen molar-refractivity contribution in [3.63, 3.8) is 0 Å². The van der Waals surface area contributed by atoms with Crippen molar-refractivity contribution in [1.82, 2.24) is 4.72 Å². The number of benzene rings is 2. The lowest BCUT2D eigenvalue weighted by atomic mass is 10.1. The van der Waals surface area contributed by atoms with Gasteiger partial charge in [0.25, 0.3) is 0 Å². The third-order valence-electron chi connectivity index (χ3n) is 3.93. The zero-order chi connectivity index (χ0) is 21.4. The second kappa shape index (κ2) is 10.6. The van der Waals surface area contributed by atoms with E-state index in [0.29, 0.717) is 28.4 Å².